The molecule has 3 aromatic rings. The van der Waals surface area contributed by atoms with Crippen molar-refractivity contribution in [3.63, 3.8) is 0 Å². The molecule has 6 heteroatoms. The molecule has 0 aliphatic carbocycles. The molecular formula is C14H14N4S2. The van der Waals surface area contributed by atoms with Gasteiger partial charge in [0.05, 0.1) is 29.0 Å². The standard InChI is InChI=1S/C14H14N4S2/c1-9-8-20-14(16-9)7-18-11-5-3-2-4-10(11)17-13(18)6-12(15)19/h2-5,8H,6-7H2,1H3,(H2,15,19). The zero-order valence-corrected chi connectivity index (χ0v) is 12.7. The van der Waals surface area contributed by atoms with E-state index in [2.05, 4.69) is 26.0 Å². The third kappa shape index (κ3) is 2.57. The molecule has 20 heavy (non-hydrogen) atoms. The van der Waals surface area contributed by atoms with E-state index in [9.17, 15) is 0 Å². The Kier molecular flexibility index (Phi) is 3.50. The molecule has 0 saturated heterocycles. The molecule has 1 aromatic carbocycles. The van der Waals surface area contributed by atoms with Crippen LogP contribution in [-0.4, -0.2) is 19.5 Å². The minimum atomic E-state index is 0.455. The summed E-state index contributed by atoms with van der Waals surface area (Å²) in [5.74, 6) is 0.895. The summed E-state index contributed by atoms with van der Waals surface area (Å²) >= 11 is 6.68. The highest BCUT2D eigenvalue weighted by atomic mass is 32.1. The first-order valence-corrected chi connectivity index (χ1v) is 7.56. The van der Waals surface area contributed by atoms with Gasteiger partial charge in [0.25, 0.3) is 0 Å². The van der Waals surface area contributed by atoms with Crippen LogP contribution in [0.2, 0.25) is 0 Å². The Balaban J connectivity index is 2.08. The number of nitrogens with zero attached hydrogens (tertiary/aromatic N) is 3. The van der Waals surface area contributed by atoms with E-state index >= 15 is 0 Å². The van der Waals surface area contributed by atoms with E-state index in [1.165, 1.54) is 0 Å². The van der Waals surface area contributed by atoms with Crippen molar-refractivity contribution in [1.29, 1.82) is 0 Å². The van der Waals surface area contributed by atoms with Crippen LogP contribution in [0.25, 0.3) is 11.0 Å². The van der Waals surface area contributed by atoms with E-state index in [1.807, 2.05) is 25.1 Å². The number of rotatable bonds is 4. The summed E-state index contributed by atoms with van der Waals surface area (Å²) < 4.78 is 2.15. The van der Waals surface area contributed by atoms with Crippen LogP contribution in [-0.2, 0) is 13.0 Å². The van der Waals surface area contributed by atoms with Crippen molar-refractivity contribution in [3.05, 3.63) is 46.2 Å². The number of aryl methyl sites for hydroxylation is 1. The van der Waals surface area contributed by atoms with E-state index in [-0.39, 0.29) is 0 Å². The molecule has 0 spiro atoms. The maximum absolute atomic E-state index is 5.68. The van der Waals surface area contributed by atoms with Gasteiger partial charge in [-0.1, -0.05) is 24.4 Å². The number of fused-ring (bicyclic) bond motifs is 1. The van der Waals surface area contributed by atoms with Crippen molar-refractivity contribution in [1.82, 2.24) is 14.5 Å². The minimum absolute atomic E-state index is 0.455. The number of benzene rings is 1. The third-order valence-corrected chi connectivity index (χ3v) is 4.12. The highest BCUT2D eigenvalue weighted by Gasteiger charge is 2.12. The van der Waals surface area contributed by atoms with E-state index in [0.29, 0.717) is 18.0 Å². The number of para-hydroxylation sites is 2. The molecule has 0 unspecified atom stereocenters. The molecule has 0 amide bonds. The van der Waals surface area contributed by atoms with E-state index in [0.717, 1.165) is 27.6 Å². The third-order valence-electron chi connectivity index (χ3n) is 3.03. The lowest BCUT2D eigenvalue weighted by Gasteiger charge is -2.06. The molecule has 0 radical (unpaired) electrons. The lowest BCUT2D eigenvalue weighted by Crippen LogP contribution is -2.15. The summed E-state index contributed by atoms with van der Waals surface area (Å²) in [7, 11) is 0. The maximum atomic E-state index is 5.68. The van der Waals surface area contributed by atoms with Crippen LogP contribution in [0.1, 0.15) is 16.5 Å². The summed E-state index contributed by atoms with van der Waals surface area (Å²) in [6.45, 7) is 2.71. The quantitative estimate of drug-likeness (QED) is 0.753. The number of imidazole rings is 1. The molecule has 2 N–H and O–H groups in total. The number of hydrogen-bond donors (Lipinski definition) is 1. The average molecular weight is 302 g/mol. The van der Waals surface area contributed by atoms with Crippen molar-refractivity contribution in [2.75, 3.05) is 0 Å². The van der Waals surface area contributed by atoms with Gasteiger partial charge in [-0.3, -0.25) is 0 Å². The summed E-state index contributed by atoms with van der Waals surface area (Å²) in [5.41, 5.74) is 8.78. The van der Waals surface area contributed by atoms with E-state index in [1.54, 1.807) is 11.3 Å². The summed E-state index contributed by atoms with van der Waals surface area (Å²) in [6.07, 6.45) is 0.508. The minimum Gasteiger partial charge on any atom is -0.393 e. The Hall–Kier alpha value is -1.79. The normalized spacial score (nSPS) is 11.1. The predicted octanol–water partition coefficient (Wildman–Crippen LogP) is 2.68. The van der Waals surface area contributed by atoms with Crippen LogP contribution in [0.3, 0.4) is 0 Å². The monoisotopic (exact) mass is 302 g/mol. The molecule has 0 aliphatic rings. The van der Waals surface area contributed by atoms with Gasteiger partial charge in [-0.25, -0.2) is 9.97 Å². The first kappa shape index (κ1) is 13.2. The summed E-state index contributed by atoms with van der Waals surface area (Å²) in [5, 5.41) is 3.12. The molecule has 4 nitrogen and oxygen atoms in total. The van der Waals surface area contributed by atoms with Gasteiger partial charge in [-0.2, -0.15) is 0 Å². The van der Waals surface area contributed by atoms with Gasteiger partial charge in [0, 0.05) is 11.1 Å². The fourth-order valence-electron chi connectivity index (χ4n) is 2.20. The van der Waals surface area contributed by atoms with E-state index < -0.39 is 0 Å². The first-order valence-electron chi connectivity index (χ1n) is 6.27. The Labute approximate surface area is 126 Å². The second-order valence-corrected chi connectivity index (χ2v) is 6.10. The average Bonchev–Trinajstić information content (AvgIpc) is 2.95. The molecule has 2 aromatic heterocycles. The lowest BCUT2D eigenvalue weighted by atomic mass is 10.3. The molecule has 3 rings (SSSR count). The fourth-order valence-corrected chi connectivity index (χ4v) is 3.09. The first-order chi connectivity index (χ1) is 9.63. The van der Waals surface area contributed by atoms with Crippen LogP contribution < -0.4 is 5.73 Å². The Morgan fingerprint density at radius 3 is 2.85 bits per heavy atom. The van der Waals surface area contributed by atoms with Gasteiger partial charge in [0.15, 0.2) is 0 Å². The second kappa shape index (κ2) is 5.30. The number of nitrogens with two attached hydrogens (primary N) is 1. The zero-order chi connectivity index (χ0) is 14.1. The van der Waals surface area contributed by atoms with Crippen LogP contribution >= 0.6 is 23.6 Å². The van der Waals surface area contributed by atoms with Gasteiger partial charge in [0.2, 0.25) is 0 Å². The van der Waals surface area contributed by atoms with Crippen molar-refractivity contribution in [2.24, 2.45) is 5.73 Å². The Bertz CT molecular complexity index is 772. The van der Waals surface area contributed by atoms with E-state index in [4.69, 9.17) is 18.0 Å². The van der Waals surface area contributed by atoms with Crippen molar-refractivity contribution >= 4 is 39.6 Å². The summed E-state index contributed by atoms with van der Waals surface area (Å²) in [6, 6.07) is 8.06. The fraction of sp³-hybridized carbons (Fsp3) is 0.214. The number of hydrogen-bond acceptors (Lipinski definition) is 4. The summed E-state index contributed by atoms with van der Waals surface area (Å²) in [4.78, 5) is 9.60. The highest BCUT2D eigenvalue weighted by molar-refractivity contribution is 7.80. The molecule has 2 heterocycles. The van der Waals surface area contributed by atoms with Crippen molar-refractivity contribution < 1.29 is 0 Å². The van der Waals surface area contributed by atoms with Crippen LogP contribution in [0, 0.1) is 6.92 Å². The number of thiocarbonyl (C=S) groups is 1. The maximum Gasteiger partial charge on any atom is 0.117 e. The SMILES string of the molecule is Cc1csc(Cn2c(CC(N)=S)nc3ccccc32)n1. The predicted molar refractivity (Wildman–Crippen MR) is 86.2 cm³/mol. The zero-order valence-electron chi connectivity index (χ0n) is 11.0. The van der Waals surface area contributed by atoms with Crippen molar-refractivity contribution in [3.8, 4) is 0 Å². The number of aromatic nitrogens is 3. The van der Waals surface area contributed by atoms with Gasteiger partial charge < -0.3 is 10.3 Å². The second-order valence-electron chi connectivity index (χ2n) is 4.63. The Morgan fingerprint density at radius 2 is 2.15 bits per heavy atom. The highest BCUT2D eigenvalue weighted by Crippen LogP contribution is 2.20. The molecule has 0 saturated carbocycles. The smallest absolute Gasteiger partial charge is 0.117 e. The van der Waals surface area contributed by atoms with Gasteiger partial charge in [-0.05, 0) is 19.1 Å². The number of thiazole rings is 1. The van der Waals surface area contributed by atoms with Crippen LogP contribution in [0.4, 0.5) is 0 Å². The molecule has 0 fully saturated rings. The molecule has 0 bridgehead atoms. The molecular weight excluding hydrogens is 288 g/mol. The van der Waals surface area contributed by atoms with Crippen LogP contribution in [0.15, 0.2) is 29.6 Å². The van der Waals surface area contributed by atoms with Gasteiger partial charge in [-0.15, -0.1) is 11.3 Å². The van der Waals surface area contributed by atoms with Crippen LogP contribution in [0.5, 0.6) is 0 Å². The van der Waals surface area contributed by atoms with Crippen molar-refractivity contribution in [2.45, 2.75) is 19.9 Å². The Morgan fingerprint density at radius 1 is 1.35 bits per heavy atom. The van der Waals surface area contributed by atoms with Gasteiger partial charge in [0.1, 0.15) is 10.8 Å². The molecule has 0 atom stereocenters. The molecule has 102 valence electrons. The largest absolute Gasteiger partial charge is 0.393 e. The lowest BCUT2D eigenvalue weighted by molar-refractivity contribution is 0.766. The topological polar surface area (TPSA) is 56.7 Å². The van der Waals surface area contributed by atoms with Gasteiger partial charge >= 0.3 is 0 Å². The molecule has 0 aliphatic heterocycles.